The Morgan fingerprint density at radius 1 is 0.635 bits per heavy atom. The van der Waals surface area contributed by atoms with Crippen LogP contribution in [0.25, 0.3) is 0 Å². The zero-order valence-electron chi connectivity index (χ0n) is 34.3. The lowest BCUT2D eigenvalue weighted by atomic mass is 10.0. The molecule has 0 bridgehead atoms. The number of phenolic OH excluding ortho intramolecular Hbond substituents is 2. The molecule has 1 aliphatic rings. The predicted octanol–water partition coefficient (Wildman–Crippen LogP) is 10.8. The van der Waals surface area contributed by atoms with Gasteiger partial charge in [-0.2, -0.15) is 13.2 Å². The third-order valence-corrected chi connectivity index (χ3v) is 16.6. The van der Waals surface area contributed by atoms with Gasteiger partial charge in [-0.1, -0.05) is 133 Å². The van der Waals surface area contributed by atoms with Gasteiger partial charge >= 0.3 is 30.7 Å². The molecule has 1 aliphatic heterocycles. The van der Waals surface area contributed by atoms with E-state index in [2.05, 4.69) is 0 Å². The molecule has 0 aromatic heterocycles. The van der Waals surface area contributed by atoms with Gasteiger partial charge in [0.15, 0.2) is 0 Å². The Bertz CT molecular complexity index is 2500. The number of anilines is 2. The number of nitrogens with zero attached hydrogens (tertiary/aromatic N) is 2. The molecule has 0 radical (unpaired) electrons. The summed E-state index contributed by atoms with van der Waals surface area (Å²) in [4.78, 5) is 0. The second-order valence-electron chi connectivity index (χ2n) is 13.6. The summed E-state index contributed by atoms with van der Waals surface area (Å²) in [5.74, 6) is 0.199. The molecule has 2 atom stereocenters. The largest absolute Gasteiger partial charge is 0.511 e. The number of alkyl halides is 3. The Morgan fingerprint density at radius 2 is 1.00 bits per heavy atom. The summed E-state index contributed by atoms with van der Waals surface area (Å²) in [5.41, 5.74) is -2.87. The number of halogens is 3. The first-order valence-electron chi connectivity index (χ1n) is 19.6. The molecule has 63 heavy (non-hydrogen) atoms. The molecule has 2 unspecified atom stereocenters. The van der Waals surface area contributed by atoms with Crippen molar-refractivity contribution in [1.29, 1.82) is 0 Å². The number of hydrogen-bond acceptors (Lipinski definition) is 9. The van der Waals surface area contributed by atoms with Gasteiger partial charge in [0.25, 0.3) is 0 Å². The summed E-state index contributed by atoms with van der Waals surface area (Å²) in [7, 11) is -13.6. The van der Waals surface area contributed by atoms with E-state index < -0.39 is 42.5 Å². The van der Waals surface area contributed by atoms with Crippen molar-refractivity contribution in [3.8, 4) is 11.5 Å². The molecular weight excluding hydrogens is 878 g/mol. The molecule has 6 aromatic rings. The Hall–Kier alpha value is -5.44. The minimum absolute atomic E-state index is 0.0796. The minimum Gasteiger partial charge on any atom is -0.508 e. The lowest BCUT2D eigenvalue weighted by Crippen LogP contribution is -2.40. The number of hydrogen-bond donors (Lipinski definition) is 4. The van der Waals surface area contributed by atoms with Crippen molar-refractivity contribution < 1.29 is 55.1 Å². The number of aliphatic hydroxyl groups excluding tert-OH is 1. The molecule has 7 rings (SSSR count). The molecular formula is C45H48F3N3O9P2S. The standard InChI is InChI=1S/C17H21O4P.C15H15F3N3O3PS.C13H12O2/c1-3-20-22(19,21-4-2)17(14-10-6-5-7-11-14)15-12-8-9-13-16(15)18;16-15(17,18)26(23,24)19-25(22)20(13-7-3-1-4-8-13)11-12-21(25)14-9-5-2-6-10-14;14-12-9-5-4-8-11(12)13(15)10-6-2-1-3-7-10/h5-13,17-18H,3-4H2,1-2H3;1-10H,11-12H2,(H,19,22);1-9,13-15H. The van der Waals surface area contributed by atoms with Gasteiger partial charge < -0.3 is 24.4 Å². The maximum absolute atomic E-state index is 13.6. The fourth-order valence-corrected chi connectivity index (χ4v) is 13.2. The maximum Gasteiger partial charge on any atom is 0.511 e. The van der Waals surface area contributed by atoms with Crippen molar-refractivity contribution in [2.75, 3.05) is 35.6 Å². The molecule has 0 spiro atoms. The molecule has 1 heterocycles. The number of aliphatic hydroxyl groups is 1. The van der Waals surface area contributed by atoms with Crippen molar-refractivity contribution in [1.82, 2.24) is 4.49 Å². The Balaban J connectivity index is 0.000000184. The van der Waals surface area contributed by atoms with Crippen molar-refractivity contribution in [2.24, 2.45) is 0 Å². The van der Waals surface area contributed by atoms with Crippen LogP contribution in [-0.2, 0) is 28.2 Å². The summed E-state index contributed by atoms with van der Waals surface area (Å²) < 4.78 is 104. The lowest BCUT2D eigenvalue weighted by molar-refractivity contribution is -0.0441. The molecule has 1 fully saturated rings. The van der Waals surface area contributed by atoms with Crippen LogP contribution >= 0.6 is 15.2 Å². The van der Waals surface area contributed by atoms with Crippen LogP contribution in [0.5, 0.6) is 11.5 Å². The normalized spacial score (nSPS) is 14.7. The predicted molar refractivity (Wildman–Crippen MR) is 239 cm³/mol. The van der Waals surface area contributed by atoms with E-state index in [4.69, 9.17) is 9.05 Å². The van der Waals surface area contributed by atoms with Crippen LogP contribution in [0.15, 0.2) is 170 Å². The van der Waals surface area contributed by atoms with Gasteiger partial charge in [0.2, 0.25) is 0 Å². The van der Waals surface area contributed by atoms with E-state index in [1.54, 1.807) is 123 Å². The van der Waals surface area contributed by atoms with E-state index in [9.17, 15) is 46.0 Å². The minimum atomic E-state index is -5.82. The van der Waals surface area contributed by atoms with E-state index >= 15 is 0 Å². The van der Waals surface area contributed by atoms with E-state index in [1.165, 1.54) is 13.8 Å². The first kappa shape index (κ1) is 48.6. The molecule has 0 aliphatic carbocycles. The van der Waals surface area contributed by atoms with Crippen molar-refractivity contribution in [2.45, 2.75) is 31.1 Å². The number of aromatic hydroxyl groups is 2. The fourth-order valence-electron chi connectivity index (χ4n) is 6.64. The number of nitrogens with one attached hydrogen (secondary N) is 1. The molecule has 4 N–H and O–H groups in total. The van der Waals surface area contributed by atoms with E-state index in [1.807, 2.05) is 60.7 Å². The zero-order chi connectivity index (χ0) is 45.7. The Labute approximate surface area is 365 Å². The van der Waals surface area contributed by atoms with Crippen LogP contribution in [0.4, 0.5) is 24.5 Å². The molecule has 18 heteroatoms. The van der Waals surface area contributed by atoms with Crippen molar-refractivity contribution in [3.63, 3.8) is 0 Å². The quantitative estimate of drug-likeness (QED) is 0.0815. The third-order valence-electron chi connectivity index (χ3n) is 9.46. The van der Waals surface area contributed by atoms with Gasteiger partial charge in [-0.3, -0.25) is 18.5 Å². The van der Waals surface area contributed by atoms with Gasteiger partial charge in [0.1, 0.15) is 23.3 Å². The van der Waals surface area contributed by atoms with Gasteiger partial charge in [0.05, 0.1) is 13.2 Å². The fraction of sp³-hybridized carbons (Fsp3) is 0.200. The monoisotopic (exact) mass is 925 g/mol. The van der Waals surface area contributed by atoms with Crippen LogP contribution in [0.1, 0.15) is 47.9 Å². The SMILES string of the molecule is CCOP(=O)(OCC)C(c1ccccc1)c1ccccc1O.O=P1(NS(=O)(=O)C(F)(F)F)N(c2ccccc2)CCN1c1ccccc1.Oc1ccccc1C(O)c1ccccc1. The van der Waals surface area contributed by atoms with Crippen LogP contribution in [-0.4, -0.2) is 55.5 Å². The highest BCUT2D eigenvalue weighted by Gasteiger charge is 2.54. The number of rotatable bonds is 13. The van der Waals surface area contributed by atoms with E-state index in [-0.39, 0.29) is 37.8 Å². The Morgan fingerprint density at radius 3 is 1.40 bits per heavy atom. The number of benzene rings is 6. The first-order valence-corrected chi connectivity index (χ1v) is 24.4. The van der Waals surface area contributed by atoms with E-state index in [0.717, 1.165) is 11.1 Å². The highest BCUT2D eigenvalue weighted by atomic mass is 32.2. The summed E-state index contributed by atoms with van der Waals surface area (Å²) in [6, 6.07) is 48.4. The summed E-state index contributed by atoms with van der Waals surface area (Å²) >= 11 is 0. The second kappa shape index (κ2) is 21.8. The van der Waals surface area contributed by atoms with Crippen LogP contribution in [0, 0.1) is 0 Å². The zero-order valence-corrected chi connectivity index (χ0v) is 36.9. The lowest BCUT2D eigenvalue weighted by Gasteiger charge is -2.32. The molecule has 6 aromatic carbocycles. The third kappa shape index (κ3) is 12.0. The van der Waals surface area contributed by atoms with Gasteiger partial charge in [-0.05, 0) is 61.4 Å². The van der Waals surface area contributed by atoms with Crippen LogP contribution in [0.2, 0.25) is 0 Å². The van der Waals surface area contributed by atoms with Crippen LogP contribution in [0.3, 0.4) is 0 Å². The van der Waals surface area contributed by atoms with Crippen molar-refractivity contribution in [3.05, 3.63) is 192 Å². The summed E-state index contributed by atoms with van der Waals surface area (Å²) in [6.07, 6.45) is -0.771. The average Bonchev–Trinajstić information content (AvgIpc) is 3.61. The maximum atomic E-state index is 13.6. The smallest absolute Gasteiger partial charge is 0.508 e. The highest BCUT2D eigenvalue weighted by molar-refractivity contribution is 7.97. The van der Waals surface area contributed by atoms with Gasteiger partial charge in [-0.15, -0.1) is 4.49 Å². The molecule has 12 nitrogen and oxygen atoms in total. The molecule has 334 valence electrons. The number of para-hydroxylation sites is 4. The molecule has 0 saturated carbocycles. The summed E-state index contributed by atoms with van der Waals surface area (Å²) in [6.45, 7) is 4.28. The highest BCUT2D eigenvalue weighted by Crippen LogP contribution is 2.64. The Kier molecular flexibility index (Phi) is 16.8. The second-order valence-corrected chi connectivity index (χ2v) is 20.0. The number of phenols is 2. The molecule has 0 amide bonds. The average molecular weight is 926 g/mol. The van der Waals surface area contributed by atoms with Gasteiger partial charge in [0, 0.05) is 35.6 Å². The van der Waals surface area contributed by atoms with Crippen molar-refractivity contribution >= 4 is 36.6 Å². The summed E-state index contributed by atoms with van der Waals surface area (Å²) in [5, 5.41) is 29.8. The molecule has 1 saturated heterocycles. The first-order chi connectivity index (χ1) is 30.1. The van der Waals surface area contributed by atoms with Crippen LogP contribution < -0.4 is 13.8 Å². The number of sulfonamides is 1. The topological polar surface area (TPSA) is 166 Å². The van der Waals surface area contributed by atoms with E-state index in [0.29, 0.717) is 22.5 Å². The van der Waals surface area contributed by atoms with Gasteiger partial charge in [-0.25, -0.2) is 8.42 Å².